The molecule has 1 fully saturated rings. The topological polar surface area (TPSA) is 60.9 Å². The summed E-state index contributed by atoms with van der Waals surface area (Å²) in [6, 6.07) is 5.83. The quantitative estimate of drug-likeness (QED) is 0.583. The summed E-state index contributed by atoms with van der Waals surface area (Å²) in [5, 5.41) is 9.48. The minimum Gasteiger partial charge on any atom is -0.281 e. The summed E-state index contributed by atoms with van der Waals surface area (Å²) in [4.78, 5) is 23.6. The highest BCUT2D eigenvalue weighted by atomic mass is 35.5. The van der Waals surface area contributed by atoms with Crippen LogP contribution in [0.3, 0.4) is 0 Å². The van der Waals surface area contributed by atoms with Crippen molar-refractivity contribution in [3.8, 4) is 0 Å². The van der Waals surface area contributed by atoms with Gasteiger partial charge in [-0.1, -0.05) is 23.7 Å². The van der Waals surface area contributed by atoms with Crippen LogP contribution in [0.25, 0.3) is 0 Å². The summed E-state index contributed by atoms with van der Waals surface area (Å²) in [6.45, 7) is -0.195. The lowest BCUT2D eigenvalue weighted by Crippen LogP contribution is -2.30. The number of rotatable bonds is 1. The van der Waals surface area contributed by atoms with E-state index in [0.29, 0.717) is 10.7 Å². The van der Waals surface area contributed by atoms with Crippen molar-refractivity contribution in [1.29, 1.82) is 0 Å². The van der Waals surface area contributed by atoms with Gasteiger partial charge in [0.1, 0.15) is 6.54 Å². The molecule has 1 aliphatic heterocycles. The molecule has 0 atom stereocenters. The number of carbonyl (C=O) groups excluding carboxylic acids is 2. The van der Waals surface area contributed by atoms with E-state index in [4.69, 9.17) is 16.8 Å². The Bertz CT molecular complexity index is 435. The lowest BCUT2D eigenvalue weighted by Gasteiger charge is -2.14. The molecule has 78 valence electrons. The third-order valence-electron chi connectivity index (χ3n) is 2.08. The van der Waals surface area contributed by atoms with Gasteiger partial charge in [0.15, 0.2) is 0 Å². The number of amides is 3. The Morgan fingerprint density at radius 3 is 2.47 bits per heavy atom. The Kier molecular flexibility index (Phi) is 2.34. The highest BCUT2D eigenvalue weighted by Gasteiger charge is 2.36. The first-order chi connectivity index (χ1) is 7.11. The van der Waals surface area contributed by atoms with Gasteiger partial charge in [0.25, 0.3) is 5.91 Å². The predicted molar refractivity (Wildman–Crippen MR) is 52.8 cm³/mol. The van der Waals surface area contributed by atoms with Crippen molar-refractivity contribution in [3.05, 3.63) is 29.3 Å². The van der Waals surface area contributed by atoms with E-state index in [1.807, 2.05) is 0 Å². The SMILES string of the molecule is O=C1CN(c2ccccc2Cl)C(=O)N1O. The Balaban J connectivity index is 2.38. The number of para-hydroxylation sites is 1. The zero-order valence-corrected chi connectivity index (χ0v) is 8.31. The van der Waals surface area contributed by atoms with Crippen molar-refractivity contribution in [3.63, 3.8) is 0 Å². The second kappa shape index (κ2) is 3.52. The summed E-state index contributed by atoms with van der Waals surface area (Å²) in [6.07, 6.45) is 0. The van der Waals surface area contributed by atoms with E-state index in [1.165, 1.54) is 0 Å². The molecule has 1 aromatic carbocycles. The first-order valence-corrected chi connectivity index (χ1v) is 4.57. The van der Waals surface area contributed by atoms with Crippen molar-refractivity contribution < 1.29 is 14.8 Å². The van der Waals surface area contributed by atoms with Gasteiger partial charge >= 0.3 is 6.03 Å². The van der Waals surface area contributed by atoms with Crippen molar-refractivity contribution in [1.82, 2.24) is 5.06 Å². The fourth-order valence-corrected chi connectivity index (χ4v) is 1.59. The third kappa shape index (κ3) is 1.55. The molecule has 0 spiro atoms. The molecule has 3 amide bonds. The van der Waals surface area contributed by atoms with Crippen molar-refractivity contribution in [2.75, 3.05) is 11.4 Å². The van der Waals surface area contributed by atoms with E-state index in [0.717, 1.165) is 4.90 Å². The first-order valence-electron chi connectivity index (χ1n) is 4.19. The van der Waals surface area contributed by atoms with E-state index in [-0.39, 0.29) is 11.6 Å². The van der Waals surface area contributed by atoms with Gasteiger partial charge in [-0.2, -0.15) is 0 Å². The molecule has 0 unspecified atom stereocenters. The fourth-order valence-electron chi connectivity index (χ4n) is 1.35. The second-order valence-corrected chi connectivity index (χ2v) is 3.43. The molecule has 0 aromatic heterocycles. The number of benzene rings is 1. The molecule has 1 aliphatic rings. The van der Waals surface area contributed by atoms with E-state index in [2.05, 4.69) is 0 Å². The highest BCUT2D eigenvalue weighted by Crippen LogP contribution is 2.27. The summed E-state index contributed by atoms with van der Waals surface area (Å²) < 4.78 is 0. The van der Waals surface area contributed by atoms with E-state index < -0.39 is 11.9 Å². The molecule has 1 heterocycles. The average Bonchev–Trinajstić information content (AvgIpc) is 2.47. The Morgan fingerprint density at radius 1 is 1.27 bits per heavy atom. The maximum absolute atomic E-state index is 11.4. The van der Waals surface area contributed by atoms with Crippen molar-refractivity contribution in [2.24, 2.45) is 0 Å². The molecule has 1 saturated heterocycles. The minimum absolute atomic E-state index is 0.0866. The molecule has 2 rings (SSSR count). The van der Waals surface area contributed by atoms with Gasteiger partial charge < -0.3 is 0 Å². The van der Waals surface area contributed by atoms with Crippen LogP contribution in [0.4, 0.5) is 10.5 Å². The first kappa shape index (κ1) is 9.95. The molecular formula is C9H7ClN2O3. The minimum atomic E-state index is -0.784. The molecule has 0 saturated carbocycles. The monoisotopic (exact) mass is 226 g/mol. The van der Waals surface area contributed by atoms with Crippen LogP contribution >= 0.6 is 11.6 Å². The maximum Gasteiger partial charge on any atom is 0.356 e. The van der Waals surface area contributed by atoms with Gasteiger partial charge in [0, 0.05) is 0 Å². The number of hydroxylamine groups is 2. The predicted octanol–water partition coefficient (Wildman–Crippen LogP) is 1.50. The van der Waals surface area contributed by atoms with Gasteiger partial charge in [0.05, 0.1) is 10.7 Å². The standard InChI is InChI=1S/C9H7ClN2O3/c10-6-3-1-2-4-7(6)11-5-8(13)12(15)9(11)14/h1-4,15H,5H2. The number of urea groups is 1. The Morgan fingerprint density at radius 2 is 1.93 bits per heavy atom. The van der Waals surface area contributed by atoms with Gasteiger partial charge in [-0.25, -0.2) is 4.79 Å². The lowest BCUT2D eigenvalue weighted by molar-refractivity contribution is -0.146. The Hall–Kier alpha value is -1.59. The van der Waals surface area contributed by atoms with Crippen LogP contribution in [-0.2, 0) is 4.79 Å². The Labute approximate surface area is 90.4 Å². The number of hydrogen-bond donors (Lipinski definition) is 1. The average molecular weight is 227 g/mol. The number of nitrogens with zero attached hydrogens (tertiary/aromatic N) is 2. The molecule has 0 bridgehead atoms. The smallest absolute Gasteiger partial charge is 0.281 e. The molecule has 0 radical (unpaired) electrons. The van der Waals surface area contributed by atoms with E-state index in [1.54, 1.807) is 24.3 Å². The van der Waals surface area contributed by atoms with Gasteiger partial charge in [-0.05, 0) is 12.1 Å². The van der Waals surface area contributed by atoms with Crippen molar-refractivity contribution in [2.45, 2.75) is 0 Å². The molecule has 1 N–H and O–H groups in total. The molecule has 15 heavy (non-hydrogen) atoms. The van der Waals surface area contributed by atoms with E-state index in [9.17, 15) is 9.59 Å². The molecule has 6 heteroatoms. The zero-order valence-electron chi connectivity index (χ0n) is 7.55. The maximum atomic E-state index is 11.4. The number of imide groups is 1. The fraction of sp³-hybridized carbons (Fsp3) is 0.111. The molecule has 5 nitrogen and oxygen atoms in total. The number of hydrogen-bond acceptors (Lipinski definition) is 3. The van der Waals surface area contributed by atoms with Crippen LogP contribution in [0, 0.1) is 0 Å². The van der Waals surface area contributed by atoms with Crippen LogP contribution in [-0.4, -0.2) is 28.8 Å². The van der Waals surface area contributed by atoms with Crippen LogP contribution < -0.4 is 4.90 Å². The summed E-state index contributed by atoms with van der Waals surface area (Å²) in [5.74, 6) is -0.667. The van der Waals surface area contributed by atoms with Crippen LogP contribution in [0.2, 0.25) is 5.02 Å². The van der Waals surface area contributed by atoms with Gasteiger partial charge in [-0.15, -0.1) is 5.06 Å². The number of anilines is 1. The molecule has 0 aliphatic carbocycles. The zero-order chi connectivity index (χ0) is 11.0. The van der Waals surface area contributed by atoms with Crippen LogP contribution in [0.5, 0.6) is 0 Å². The largest absolute Gasteiger partial charge is 0.356 e. The van der Waals surface area contributed by atoms with Gasteiger partial charge in [0.2, 0.25) is 0 Å². The highest BCUT2D eigenvalue weighted by molar-refractivity contribution is 6.34. The lowest BCUT2D eigenvalue weighted by atomic mass is 10.3. The number of carbonyl (C=O) groups is 2. The van der Waals surface area contributed by atoms with Crippen molar-refractivity contribution >= 4 is 29.2 Å². The van der Waals surface area contributed by atoms with E-state index >= 15 is 0 Å². The van der Waals surface area contributed by atoms with Crippen LogP contribution in [0.1, 0.15) is 0 Å². The summed E-state index contributed by atoms with van der Waals surface area (Å²) >= 11 is 5.86. The van der Waals surface area contributed by atoms with Gasteiger partial charge in [-0.3, -0.25) is 14.9 Å². The molecule has 1 aromatic rings. The second-order valence-electron chi connectivity index (χ2n) is 3.03. The number of halogens is 1. The summed E-state index contributed by atoms with van der Waals surface area (Å²) in [7, 11) is 0. The molecular weight excluding hydrogens is 220 g/mol. The normalized spacial score (nSPS) is 16.4. The van der Waals surface area contributed by atoms with Crippen LogP contribution in [0.15, 0.2) is 24.3 Å². The third-order valence-corrected chi connectivity index (χ3v) is 2.40. The summed E-state index contributed by atoms with van der Waals surface area (Å²) in [5.41, 5.74) is 0.411.